The van der Waals surface area contributed by atoms with E-state index in [1.165, 1.54) is 4.68 Å². The van der Waals surface area contributed by atoms with Gasteiger partial charge in [-0.3, -0.25) is 9.89 Å². The van der Waals surface area contributed by atoms with Crippen molar-refractivity contribution in [2.45, 2.75) is 6.42 Å². The van der Waals surface area contributed by atoms with E-state index in [-0.39, 0.29) is 5.56 Å². The van der Waals surface area contributed by atoms with Crippen molar-refractivity contribution in [1.29, 1.82) is 0 Å². The highest BCUT2D eigenvalue weighted by Gasteiger charge is 2.04. The molecule has 1 aromatic heterocycles. The number of ether oxygens (including phenoxy) is 1. The van der Waals surface area contributed by atoms with Crippen LogP contribution in [-0.4, -0.2) is 30.0 Å². The summed E-state index contributed by atoms with van der Waals surface area (Å²) in [5.74, 6) is 0. The Kier molecular flexibility index (Phi) is 5.25. The Morgan fingerprint density at radius 3 is 2.81 bits per heavy atom. The highest BCUT2D eigenvalue weighted by molar-refractivity contribution is 6.30. The fraction of sp³-hybridized carbons (Fsp3) is 0.267. The van der Waals surface area contributed by atoms with Crippen LogP contribution in [0.25, 0.3) is 18.5 Å². The van der Waals surface area contributed by atoms with Crippen LogP contribution in [0.1, 0.15) is 6.42 Å². The SMILES string of the molecule is C=c1[nH]n(-c2ccc(Cl)cc2)c(=O)c1=CNCCCOC. The number of halogens is 1. The van der Waals surface area contributed by atoms with Crippen LogP contribution in [0.3, 0.4) is 0 Å². The summed E-state index contributed by atoms with van der Waals surface area (Å²) in [5.41, 5.74) is 0.565. The highest BCUT2D eigenvalue weighted by atomic mass is 35.5. The number of methoxy groups -OCH3 is 1. The molecule has 0 spiro atoms. The summed E-state index contributed by atoms with van der Waals surface area (Å²) in [6.45, 7) is 5.28. The van der Waals surface area contributed by atoms with Crippen molar-refractivity contribution in [1.82, 2.24) is 15.1 Å². The molecule has 112 valence electrons. The van der Waals surface area contributed by atoms with Gasteiger partial charge in [0.15, 0.2) is 0 Å². The summed E-state index contributed by atoms with van der Waals surface area (Å²) < 4.78 is 6.41. The van der Waals surface area contributed by atoms with Crippen molar-refractivity contribution < 1.29 is 4.74 Å². The Hall–Kier alpha value is -1.98. The lowest BCUT2D eigenvalue weighted by atomic mass is 10.3. The van der Waals surface area contributed by atoms with Crippen LogP contribution in [0, 0.1) is 0 Å². The summed E-state index contributed by atoms with van der Waals surface area (Å²) in [6, 6.07) is 7.02. The summed E-state index contributed by atoms with van der Waals surface area (Å²) in [4.78, 5) is 12.4. The number of aromatic amines is 1. The van der Waals surface area contributed by atoms with Crippen LogP contribution in [0.5, 0.6) is 0 Å². The summed E-state index contributed by atoms with van der Waals surface area (Å²) in [6.07, 6.45) is 2.55. The maximum atomic E-state index is 12.4. The molecule has 2 aromatic rings. The molecule has 6 heteroatoms. The third-order valence-electron chi connectivity index (χ3n) is 3.01. The van der Waals surface area contributed by atoms with Gasteiger partial charge in [-0.2, -0.15) is 0 Å². The van der Waals surface area contributed by atoms with Crippen LogP contribution in [-0.2, 0) is 4.74 Å². The van der Waals surface area contributed by atoms with E-state index in [9.17, 15) is 4.79 Å². The van der Waals surface area contributed by atoms with Crippen molar-refractivity contribution in [3.8, 4) is 5.69 Å². The van der Waals surface area contributed by atoms with E-state index in [0.29, 0.717) is 27.9 Å². The number of rotatable bonds is 6. The van der Waals surface area contributed by atoms with Gasteiger partial charge in [0.1, 0.15) is 0 Å². The molecule has 1 heterocycles. The normalized spacial score (nSPS) is 11.8. The lowest BCUT2D eigenvalue weighted by Gasteiger charge is -2.00. The Balaban J connectivity index is 2.25. The van der Waals surface area contributed by atoms with Crippen molar-refractivity contribution in [3.63, 3.8) is 0 Å². The topological polar surface area (TPSA) is 59.0 Å². The first-order valence-corrected chi connectivity index (χ1v) is 6.99. The third kappa shape index (κ3) is 3.77. The lowest BCUT2D eigenvalue weighted by Crippen LogP contribution is -2.36. The minimum absolute atomic E-state index is 0.151. The monoisotopic (exact) mass is 307 g/mol. The zero-order valence-corrected chi connectivity index (χ0v) is 12.6. The highest BCUT2D eigenvalue weighted by Crippen LogP contribution is 2.10. The average molecular weight is 308 g/mol. The fourth-order valence-corrected chi connectivity index (χ4v) is 2.04. The molecule has 21 heavy (non-hydrogen) atoms. The number of nitrogens with zero attached hydrogens (tertiary/aromatic N) is 1. The summed E-state index contributed by atoms with van der Waals surface area (Å²) in [5, 5.41) is 7.75. The number of benzene rings is 1. The maximum Gasteiger partial charge on any atom is 0.280 e. The molecule has 0 atom stereocenters. The Bertz CT molecular complexity index is 747. The predicted molar refractivity (Wildman–Crippen MR) is 85.1 cm³/mol. The summed E-state index contributed by atoms with van der Waals surface area (Å²) >= 11 is 5.85. The number of hydrogen-bond acceptors (Lipinski definition) is 3. The molecule has 0 radical (unpaired) electrons. The first-order chi connectivity index (χ1) is 10.1. The number of hydrogen-bond donors (Lipinski definition) is 2. The van der Waals surface area contributed by atoms with Gasteiger partial charge in [0.05, 0.1) is 16.3 Å². The molecular formula is C15H18ClN3O2. The second-order valence-corrected chi connectivity index (χ2v) is 5.00. The first-order valence-electron chi connectivity index (χ1n) is 6.62. The minimum atomic E-state index is -0.151. The molecule has 0 unspecified atom stereocenters. The second kappa shape index (κ2) is 7.15. The zero-order valence-electron chi connectivity index (χ0n) is 11.9. The molecule has 0 saturated heterocycles. The Labute approximate surface area is 127 Å². The van der Waals surface area contributed by atoms with Gasteiger partial charge in [0.2, 0.25) is 0 Å². The van der Waals surface area contributed by atoms with Gasteiger partial charge in [0.25, 0.3) is 5.56 Å². The molecule has 0 amide bonds. The average Bonchev–Trinajstić information content (AvgIpc) is 2.75. The van der Waals surface area contributed by atoms with Crippen LogP contribution in [0.2, 0.25) is 5.02 Å². The van der Waals surface area contributed by atoms with Crippen LogP contribution in [0.4, 0.5) is 0 Å². The fourth-order valence-electron chi connectivity index (χ4n) is 1.91. The van der Waals surface area contributed by atoms with E-state index in [1.54, 1.807) is 37.6 Å². The van der Waals surface area contributed by atoms with Gasteiger partial charge < -0.3 is 10.1 Å². The van der Waals surface area contributed by atoms with E-state index in [1.807, 2.05) is 0 Å². The van der Waals surface area contributed by atoms with E-state index >= 15 is 0 Å². The quantitative estimate of drug-likeness (QED) is 0.768. The van der Waals surface area contributed by atoms with Crippen LogP contribution >= 0.6 is 11.6 Å². The van der Waals surface area contributed by atoms with Gasteiger partial charge >= 0.3 is 0 Å². The molecular weight excluding hydrogens is 290 g/mol. The van der Waals surface area contributed by atoms with Crippen molar-refractivity contribution in [2.75, 3.05) is 20.3 Å². The third-order valence-corrected chi connectivity index (χ3v) is 3.26. The molecule has 0 saturated carbocycles. The van der Waals surface area contributed by atoms with Gasteiger partial charge in [0, 0.05) is 31.5 Å². The van der Waals surface area contributed by atoms with Crippen LogP contribution < -0.4 is 21.4 Å². The molecule has 0 bridgehead atoms. The Morgan fingerprint density at radius 2 is 2.14 bits per heavy atom. The second-order valence-electron chi connectivity index (χ2n) is 4.57. The van der Waals surface area contributed by atoms with E-state index in [0.717, 1.165) is 13.0 Å². The van der Waals surface area contributed by atoms with Gasteiger partial charge in [-0.25, -0.2) is 4.68 Å². The van der Waals surface area contributed by atoms with Crippen LogP contribution in [0.15, 0.2) is 29.1 Å². The van der Waals surface area contributed by atoms with Crippen molar-refractivity contribution in [3.05, 3.63) is 50.2 Å². The lowest BCUT2D eigenvalue weighted by molar-refractivity contribution is 0.195. The first kappa shape index (κ1) is 15.4. The van der Waals surface area contributed by atoms with Gasteiger partial charge in [-0.1, -0.05) is 18.2 Å². The largest absolute Gasteiger partial charge is 0.390 e. The predicted octanol–water partition coefficient (Wildman–Crippen LogP) is 0.593. The molecule has 0 aliphatic heterocycles. The molecule has 0 aliphatic rings. The smallest absolute Gasteiger partial charge is 0.280 e. The molecule has 0 aliphatic carbocycles. The Morgan fingerprint density at radius 1 is 1.43 bits per heavy atom. The molecule has 2 N–H and O–H groups in total. The van der Waals surface area contributed by atoms with E-state index in [2.05, 4.69) is 17.0 Å². The molecule has 0 fully saturated rings. The minimum Gasteiger partial charge on any atom is -0.390 e. The van der Waals surface area contributed by atoms with Crippen molar-refractivity contribution in [2.24, 2.45) is 0 Å². The number of aromatic nitrogens is 2. The maximum absolute atomic E-state index is 12.4. The van der Waals surface area contributed by atoms with Gasteiger partial charge in [-0.15, -0.1) is 0 Å². The zero-order chi connectivity index (χ0) is 15.2. The standard InChI is InChI=1S/C15H18ClN3O2/c1-11-14(10-17-8-3-9-21-2)15(20)19(18-11)13-6-4-12(16)5-7-13/h4-7,10,17-18H,1,3,8-9H2,2H3. The molecule has 1 aromatic carbocycles. The van der Waals surface area contributed by atoms with E-state index in [4.69, 9.17) is 16.3 Å². The van der Waals surface area contributed by atoms with Crippen molar-refractivity contribution >= 4 is 24.4 Å². The number of nitrogens with one attached hydrogen (secondary N) is 2. The number of H-pyrrole nitrogens is 1. The summed E-state index contributed by atoms with van der Waals surface area (Å²) in [7, 11) is 1.66. The molecule has 2 rings (SSSR count). The molecule has 5 nitrogen and oxygen atoms in total. The van der Waals surface area contributed by atoms with E-state index < -0.39 is 0 Å². The van der Waals surface area contributed by atoms with Gasteiger partial charge in [-0.05, 0) is 30.7 Å².